The summed E-state index contributed by atoms with van der Waals surface area (Å²) in [5.74, 6) is 0. The first-order chi connectivity index (χ1) is 11.6. The van der Waals surface area contributed by atoms with Gasteiger partial charge in [0.05, 0.1) is 11.4 Å². The molecule has 1 aliphatic rings. The molecule has 1 amide bonds. The van der Waals surface area contributed by atoms with Crippen LogP contribution >= 0.6 is 11.8 Å². The van der Waals surface area contributed by atoms with Gasteiger partial charge in [-0.1, -0.05) is 31.7 Å². The second-order valence-corrected chi connectivity index (χ2v) is 8.30. The van der Waals surface area contributed by atoms with Crippen LogP contribution in [0.4, 0.5) is 16.2 Å². The van der Waals surface area contributed by atoms with Crippen LogP contribution in [0.1, 0.15) is 40.2 Å². The van der Waals surface area contributed by atoms with E-state index in [4.69, 9.17) is 10.00 Å². The molecule has 1 heterocycles. The summed E-state index contributed by atoms with van der Waals surface area (Å²) in [6, 6.07) is 5.75. The Labute approximate surface area is 153 Å². The van der Waals surface area contributed by atoms with Gasteiger partial charge in [-0.2, -0.15) is 5.26 Å². The number of nitrogens with zero attached hydrogens (tertiary/aromatic N) is 3. The molecule has 1 aromatic rings. The van der Waals surface area contributed by atoms with E-state index in [-0.39, 0.29) is 11.5 Å². The van der Waals surface area contributed by atoms with Gasteiger partial charge in [-0.25, -0.2) is 9.79 Å². The molecule has 134 valence electrons. The lowest BCUT2D eigenvalue weighted by molar-refractivity contribution is 0.0579. The van der Waals surface area contributed by atoms with Crippen LogP contribution in [-0.2, 0) is 10.2 Å². The molecule has 1 aliphatic heterocycles. The number of nitrogens with one attached hydrogen (secondary N) is 1. The summed E-state index contributed by atoms with van der Waals surface area (Å²) in [4.78, 5) is 18.7. The molecule has 0 fully saturated rings. The van der Waals surface area contributed by atoms with Crippen LogP contribution in [-0.4, -0.2) is 29.7 Å². The third-order valence-electron chi connectivity index (χ3n) is 3.76. The fourth-order valence-electron chi connectivity index (χ4n) is 2.72. The van der Waals surface area contributed by atoms with Gasteiger partial charge in [0.1, 0.15) is 5.60 Å². The van der Waals surface area contributed by atoms with Crippen molar-refractivity contribution >= 4 is 34.4 Å². The fourth-order valence-corrected chi connectivity index (χ4v) is 3.06. The molecule has 0 atom stereocenters. The summed E-state index contributed by atoms with van der Waals surface area (Å²) >= 11 is 1.35. The highest BCUT2D eigenvalue weighted by Crippen LogP contribution is 2.42. The molecule has 25 heavy (non-hydrogen) atoms. The SMILES string of the molecule is CSC(=Nc1ccc2c(c1)N(C(=O)OC(C)(C)C)CC2(C)C)NC#N. The zero-order valence-electron chi connectivity index (χ0n) is 15.5. The number of rotatable bonds is 1. The zero-order valence-corrected chi connectivity index (χ0v) is 16.3. The Bertz CT molecular complexity index is 744. The van der Waals surface area contributed by atoms with Crippen LogP contribution in [0, 0.1) is 11.5 Å². The van der Waals surface area contributed by atoms with Gasteiger partial charge >= 0.3 is 6.09 Å². The second-order valence-electron chi connectivity index (χ2n) is 7.51. The number of anilines is 1. The van der Waals surface area contributed by atoms with Gasteiger partial charge in [-0.15, -0.1) is 0 Å². The van der Waals surface area contributed by atoms with Crippen molar-refractivity contribution in [3.05, 3.63) is 23.8 Å². The molecule has 1 aromatic carbocycles. The number of hydrogen-bond donors (Lipinski definition) is 1. The molecule has 0 aliphatic carbocycles. The van der Waals surface area contributed by atoms with Crippen molar-refractivity contribution in [1.29, 1.82) is 5.26 Å². The van der Waals surface area contributed by atoms with E-state index in [0.29, 0.717) is 17.4 Å². The normalized spacial score (nSPS) is 16.2. The Balaban J connectivity index is 2.41. The number of amides is 1. The van der Waals surface area contributed by atoms with E-state index < -0.39 is 5.60 Å². The Hall–Kier alpha value is -2.20. The number of ether oxygens (including phenoxy) is 1. The minimum atomic E-state index is -0.553. The summed E-state index contributed by atoms with van der Waals surface area (Å²) in [5, 5.41) is 11.8. The van der Waals surface area contributed by atoms with Crippen LogP contribution < -0.4 is 10.2 Å². The molecule has 0 unspecified atom stereocenters. The van der Waals surface area contributed by atoms with Crippen molar-refractivity contribution in [2.75, 3.05) is 17.7 Å². The topological polar surface area (TPSA) is 77.7 Å². The molecular formula is C18H24N4O2S. The van der Waals surface area contributed by atoms with Gasteiger partial charge in [0, 0.05) is 12.0 Å². The van der Waals surface area contributed by atoms with E-state index >= 15 is 0 Å². The van der Waals surface area contributed by atoms with E-state index in [1.165, 1.54) is 11.8 Å². The van der Waals surface area contributed by atoms with Gasteiger partial charge in [0.15, 0.2) is 11.4 Å². The first-order valence-corrected chi connectivity index (χ1v) is 9.23. The average Bonchev–Trinajstić information content (AvgIpc) is 2.76. The van der Waals surface area contributed by atoms with Crippen LogP contribution in [0.3, 0.4) is 0 Å². The largest absolute Gasteiger partial charge is 0.443 e. The second kappa shape index (κ2) is 6.96. The summed E-state index contributed by atoms with van der Waals surface area (Å²) in [5.41, 5.74) is 1.84. The number of fused-ring (bicyclic) bond motifs is 1. The van der Waals surface area contributed by atoms with Crippen LogP contribution in [0.25, 0.3) is 0 Å². The van der Waals surface area contributed by atoms with E-state index in [1.807, 2.05) is 51.4 Å². The fraction of sp³-hybridized carbons (Fsp3) is 0.500. The lowest BCUT2D eigenvalue weighted by Gasteiger charge is -2.26. The minimum absolute atomic E-state index is 0.165. The number of carbonyl (C=O) groups is 1. The lowest BCUT2D eigenvalue weighted by atomic mass is 9.87. The van der Waals surface area contributed by atoms with Crippen LogP contribution in [0.15, 0.2) is 23.2 Å². The Morgan fingerprint density at radius 2 is 2.12 bits per heavy atom. The molecular weight excluding hydrogens is 336 g/mol. The third-order valence-corrected chi connectivity index (χ3v) is 4.34. The predicted octanol–water partition coefficient (Wildman–Crippen LogP) is 4.14. The molecule has 2 rings (SSSR count). The molecule has 1 N–H and O–H groups in total. The number of thioether (sulfide) groups is 1. The third kappa shape index (κ3) is 4.45. The Morgan fingerprint density at radius 1 is 1.44 bits per heavy atom. The number of hydrogen-bond acceptors (Lipinski definition) is 5. The van der Waals surface area contributed by atoms with Crippen LogP contribution in [0.2, 0.25) is 0 Å². The van der Waals surface area contributed by atoms with Crippen LogP contribution in [0.5, 0.6) is 0 Å². The first kappa shape index (κ1) is 19.1. The van der Waals surface area contributed by atoms with Crippen molar-refractivity contribution in [1.82, 2.24) is 5.32 Å². The van der Waals surface area contributed by atoms with Crippen molar-refractivity contribution < 1.29 is 9.53 Å². The lowest BCUT2D eigenvalue weighted by Crippen LogP contribution is -2.38. The molecule has 0 radical (unpaired) electrons. The Kier molecular flexibility index (Phi) is 5.33. The molecule has 0 saturated carbocycles. The standard InChI is InChI=1S/C18H24N4O2S/c1-17(2,3)24-16(23)22-10-18(4,5)13-8-7-12(9-14(13)22)21-15(25-6)20-11-19/h7-9H,10H2,1-6H3,(H,20,21). The molecule has 0 saturated heterocycles. The quantitative estimate of drug-likeness (QED) is 0.352. The zero-order chi connectivity index (χ0) is 18.8. The van der Waals surface area contributed by atoms with Gasteiger partial charge in [0.2, 0.25) is 0 Å². The first-order valence-electron chi connectivity index (χ1n) is 8.00. The molecule has 6 nitrogen and oxygen atoms in total. The number of nitriles is 1. The highest BCUT2D eigenvalue weighted by atomic mass is 32.2. The molecule has 0 bridgehead atoms. The highest BCUT2D eigenvalue weighted by Gasteiger charge is 2.39. The number of carbonyl (C=O) groups excluding carboxylic acids is 1. The van der Waals surface area contributed by atoms with Crippen molar-refractivity contribution in [2.24, 2.45) is 4.99 Å². The smallest absolute Gasteiger partial charge is 0.414 e. The van der Waals surface area contributed by atoms with Crippen molar-refractivity contribution in [3.8, 4) is 6.19 Å². The van der Waals surface area contributed by atoms with E-state index in [9.17, 15) is 4.79 Å². The summed E-state index contributed by atoms with van der Waals surface area (Å²) < 4.78 is 5.54. The van der Waals surface area contributed by atoms with Gasteiger partial charge in [-0.3, -0.25) is 10.2 Å². The van der Waals surface area contributed by atoms with Crippen molar-refractivity contribution in [2.45, 2.75) is 45.6 Å². The van der Waals surface area contributed by atoms with Gasteiger partial charge in [0.25, 0.3) is 0 Å². The molecule has 0 spiro atoms. The van der Waals surface area contributed by atoms with E-state index in [0.717, 1.165) is 11.3 Å². The van der Waals surface area contributed by atoms with Crippen molar-refractivity contribution in [3.63, 3.8) is 0 Å². The number of amidine groups is 1. The summed E-state index contributed by atoms with van der Waals surface area (Å²) in [6.07, 6.45) is 3.35. The maximum Gasteiger partial charge on any atom is 0.414 e. The predicted molar refractivity (Wildman–Crippen MR) is 102 cm³/mol. The minimum Gasteiger partial charge on any atom is -0.443 e. The number of aliphatic imine (C=N–C) groups is 1. The molecule has 0 aromatic heterocycles. The average molecular weight is 360 g/mol. The van der Waals surface area contributed by atoms with E-state index in [1.54, 1.807) is 4.90 Å². The maximum absolute atomic E-state index is 12.6. The molecule has 7 heteroatoms. The van der Waals surface area contributed by atoms with Gasteiger partial charge < -0.3 is 4.74 Å². The Morgan fingerprint density at radius 3 is 2.68 bits per heavy atom. The monoisotopic (exact) mass is 360 g/mol. The maximum atomic E-state index is 12.6. The summed E-state index contributed by atoms with van der Waals surface area (Å²) in [7, 11) is 0. The number of benzene rings is 1. The highest BCUT2D eigenvalue weighted by molar-refractivity contribution is 8.13. The summed E-state index contributed by atoms with van der Waals surface area (Å²) in [6.45, 7) is 10.3. The van der Waals surface area contributed by atoms with Gasteiger partial charge in [-0.05, 0) is 44.7 Å². The van der Waals surface area contributed by atoms with E-state index in [2.05, 4.69) is 24.2 Å².